The molecule has 0 fully saturated rings. The van der Waals surface area contributed by atoms with Gasteiger partial charge >= 0.3 is 0 Å². The maximum absolute atomic E-state index is 6.43. The van der Waals surface area contributed by atoms with Gasteiger partial charge < -0.3 is 14.2 Å². The zero-order valence-corrected chi connectivity index (χ0v) is 18.9. The molecule has 4 heteroatoms. The molecule has 2 aromatic carbocycles. The van der Waals surface area contributed by atoms with E-state index in [0.717, 1.165) is 33.3 Å². The van der Waals surface area contributed by atoms with E-state index in [4.69, 9.17) is 4.42 Å². The largest absolute Gasteiger partial charge is 0.456 e. The zero-order valence-electron chi connectivity index (χ0n) is 18.9. The van der Waals surface area contributed by atoms with E-state index in [1.54, 1.807) is 0 Å². The Morgan fingerprint density at radius 2 is 1.37 bits per heavy atom. The molecule has 1 aliphatic heterocycles. The summed E-state index contributed by atoms with van der Waals surface area (Å²) >= 11 is 0. The van der Waals surface area contributed by atoms with Crippen molar-refractivity contribution in [1.82, 2.24) is 4.58 Å². The Balaban J connectivity index is 2.11. The first-order valence-electron chi connectivity index (χ1n) is 10.2. The number of hydrogen-bond acceptors (Lipinski definition) is 3. The molecule has 1 heterocycles. The van der Waals surface area contributed by atoms with Crippen molar-refractivity contribution in [3.63, 3.8) is 0 Å². The molecule has 0 N–H and O–H groups in total. The molecule has 2 aliphatic rings. The fourth-order valence-corrected chi connectivity index (χ4v) is 3.92. The molecule has 0 atom stereocenters. The van der Waals surface area contributed by atoms with Crippen LogP contribution in [0.1, 0.15) is 5.56 Å². The lowest BCUT2D eigenvalue weighted by Gasteiger charge is -2.20. The highest BCUT2D eigenvalue weighted by molar-refractivity contribution is 6.03. The van der Waals surface area contributed by atoms with Crippen LogP contribution in [0.15, 0.2) is 59.0 Å². The highest BCUT2D eigenvalue weighted by Gasteiger charge is 2.20. The van der Waals surface area contributed by atoms with Crippen LogP contribution in [0.25, 0.3) is 33.4 Å². The summed E-state index contributed by atoms with van der Waals surface area (Å²) in [6, 6.07) is 19.6. The Morgan fingerprint density at radius 1 is 0.733 bits per heavy atom. The van der Waals surface area contributed by atoms with E-state index in [9.17, 15) is 0 Å². The standard InChI is InChI=1S/C26H30N3O/c1-17-14-18(27(2)3)8-11-21(17)26-22-12-9-19(28(4)5)15-24(22)30-25-16-20(29(6)7)10-13-23(25)26/h8-16H,1-7H3/q+1. The minimum atomic E-state index is 0.899. The summed E-state index contributed by atoms with van der Waals surface area (Å²) in [7, 11) is 12.4. The van der Waals surface area contributed by atoms with Crippen molar-refractivity contribution in [1.29, 1.82) is 0 Å². The molecule has 0 aromatic heterocycles. The average molecular weight is 401 g/mol. The van der Waals surface area contributed by atoms with Gasteiger partial charge in [0.1, 0.15) is 25.4 Å². The van der Waals surface area contributed by atoms with Gasteiger partial charge in [-0.25, -0.2) is 4.58 Å². The molecule has 4 rings (SSSR count). The Labute approximate surface area is 178 Å². The van der Waals surface area contributed by atoms with Crippen LogP contribution >= 0.6 is 0 Å². The fraction of sp³-hybridized carbons (Fsp3) is 0.269. The number of aryl methyl sites for hydroxylation is 1. The molecule has 0 bridgehead atoms. The monoisotopic (exact) mass is 400 g/mol. The first-order chi connectivity index (χ1) is 14.3. The van der Waals surface area contributed by atoms with Crippen LogP contribution in [0.4, 0.5) is 11.4 Å². The van der Waals surface area contributed by atoms with Gasteiger partial charge in [0.15, 0.2) is 0 Å². The van der Waals surface area contributed by atoms with Gasteiger partial charge in [0, 0.05) is 68.2 Å². The summed E-state index contributed by atoms with van der Waals surface area (Å²) in [5, 5.41) is 2.26. The normalized spacial score (nSPS) is 11.2. The Bertz CT molecular complexity index is 1280. The van der Waals surface area contributed by atoms with E-state index in [-0.39, 0.29) is 0 Å². The summed E-state index contributed by atoms with van der Waals surface area (Å²) in [5.41, 5.74) is 8.08. The third-order valence-electron chi connectivity index (χ3n) is 5.72. The van der Waals surface area contributed by atoms with Gasteiger partial charge in [-0.15, -0.1) is 0 Å². The summed E-state index contributed by atoms with van der Waals surface area (Å²) < 4.78 is 8.53. The van der Waals surface area contributed by atoms with Gasteiger partial charge in [-0.2, -0.15) is 0 Å². The maximum Gasteiger partial charge on any atom is 0.203 e. The molecule has 0 spiro atoms. The van der Waals surface area contributed by atoms with E-state index in [1.807, 2.05) is 0 Å². The van der Waals surface area contributed by atoms with Gasteiger partial charge in [-0.05, 0) is 48.4 Å². The first kappa shape index (κ1) is 20.0. The molecule has 154 valence electrons. The van der Waals surface area contributed by atoms with Crippen LogP contribution in [-0.2, 0) is 0 Å². The van der Waals surface area contributed by atoms with E-state index < -0.39 is 0 Å². The highest BCUT2D eigenvalue weighted by Crippen LogP contribution is 2.42. The maximum atomic E-state index is 6.43. The lowest BCUT2D eigenvalue weighted by Crippen LogP contribution is -2.21. The number of nitrogens with zero attached hydrogens (tertiary/aromatic N) is 3. The lowest BCUT2D eigenvalue weighted by molar-refractivity contribution is 0.617. The summed E-state index contributed by atoms with van der Waals surface area (Å²) in [6.07, 6.45) is 0. The van der Waals surface area contributed by atoms with Gasteiger partial charge in [-0.1, -0.05) is 6.07 Å². The molecular formula is C26H30N3O+. The van der Waals surface area contributed by atoms with Crippen LogP contribution in [-0.4, -0.2) is 42.3 Å². The van der Waals surface area contributed by atoms with E-state index in [2.05, 4.69) is 118 Å². The Hall–Kier alpha value is -3.27. The topological polar surface area (TPSA) is 22.6 Å². The summed E-state index contributed by atoms with van der Waals surface area (Å²) in [6.45, 7) is 2.19. The second-order valence-corrected chi connectivity index (χ2v) is 8.52. The fourth-order valence-electron chi connectivity index (χ4n) is 3.92. The van der Waals surface area contributed by atoms with Crippen molar-refractivity contribution < 1.29 is 4.42 Å². The Kier molecular flexibility index (Phi) is 5.02. The molecule has 1 aliphatic carbocycles. The smallest absolute Gasteiger partial charge is 0.203 e. The van der Waals surface area contributed by atoms with Crippen LogP contribution < -0.4 is 19.7 Å². The first-order valence-corrected chi connectivity index (χ1v) is 10.2. The molecule has 0 unspecified atom stereocenters. The van der Waals surface area contributed by atoms with Crippen molar-refractivity contribution in [3.05, 3.63) is 65.5 Å². The predicted molar refractivity (Wildman–Crippen MR) is 129 cm³/mol. The van der Waals surface area contributed by atoms with Crippen molar-refractivity contribution in [2.24, 2.45) is 0 Å². The molecule has 2 aromatic rings. The highest BCUT2D eigenvalue weighted by atomic mass is 16.3. The average Bonchev–Trinajstić information content (AvgIpc) is 2.71. The zero-order chi connectivity index (χ0) is 21.6. The SMILES string of the molecule is Cc1cc(N(C)C)ccc1-c1c2ccc(=[N+](C)C)cc-2oc2cc(N(C)C)ccc12. The van der Waals surface area contributed by atoms with E-state index in [0.29, 0.717) is 0 Å². The van der Waals surface area contributed by atoms with Gasteiger partial charge in [0.05, 0.1) is 6.07 Å². The third kappa shape index (κ3) is 3.43. The number of benzene rings is 3. The second kappa shape index (κ2) is 7.52. The number of fused-ring (bicyclic) bond motifs is 2. The third-order valence-corrected chi connectivity index (χ3v) is 5.72. The van der Waals surface area contributed by atoms with Gasteiger partial charge in [-0.3, -0.25) is 0 Å². The van der Waals surface area contributed by atoms with E-state index >= 15 is 0 Å². The van der Waals surface area contributed by atoms with Crippen LogP contribution in [0.2, 0.25) is 0 Å². The molecule has 0 radical (unpaired) electrons. The Morgan fingerprint density at radius 3 is 2.00 bits per heavy atom. The minimum Gasteiger partial charge on any atom is -0.456 e. The molecule has 30 heavy (non-hydrogen) atoms. The lowest BCUT2D eigenvalue weighted by atomic mass is 9.91. The van der Waals surface area contributed by atoms with Crippen LogP contribution in [0.5, 0.6) is 0 Å². The molecule has 4 nitrogen and oxygen atoms in total. The predicted octanol–water partition coefficient (Wildman–Crippen LogP) is 4.68. The van der Waals surface area contributed by atoms with Crippen molar-refractivity contribution in [2.45, 2.75) is 6.92 Å². The minimum absolute atomic E-state index is 0.899. The molecule has 0 saturated carbocycles. The number of anilines is 2. The quantitative estimate of drug-likeness (QED) is 0.368. The van der Waals surface area contributed by atoms with Crippen LogP contribution in [0, 0.1) is 6.92 Å². The van der Waals surface area contributed by atoms with Gasteiger partial charge in [0.2, 0.25) is 5.36 Å². The summed E-state index contributed by atoms with van der Waals surface area (Å²) in [4.78, 5) is 4.24. The second-order valence-electron chi connectivity index (χ2n) is 8.52. The molecular weight excluding hydrogens is 370 g/mol. The van der Waals surface area contributed by atoms with Crippen molar-refractivity contribution in [2.75, 3.05) is 52.1 Å². The molecule has 0 amide bonds. The van der Waals surface area contributed by atoms with Crippen molar-refractivity contribution >= 4 is 22.3 Å². The summed E-state index contributed by atoms with van der Waals surface area (Å²) in [5.74, 6) is 0.899. The van der Waals surface area contributed by atoms with Crippen molar-refractivity contribution in [3.8, 4) is 22.5 Å². The number of rotatable bonds is 3. The number of hydrogen-bond donors (Lipinski definition) is 0. The van der Waals surface area contributed by atoms with Gasteiger partial charge in [0.25, 0.3) is 0 Å². The molecule has 0 saturated heterocycles. The van der Waals surface area contributed by atoms with Crippen LogP contribution in [0.3, 0.4) is 0 Å². The van der Waals surface area contributed by atoms with E-state index in [1.165, 1.54) is 22.4 Å².